The summed E-state index contributed by atoms with van der Waals surface area (Å²) in [4.78, 5) is 37.3. The van der Waals surface area contributed by atoms with Crippen molar-refractivity contribution in [2.24, 2.45) is 0 Å². The Morgan fingerprint density at radius 3 is 2.29 bits per heavy atom. The summed E-state index contributed by atoms with van der Waals surface area (Å²) < 4.78 is 9.81. The van der Waals surface area contributed by atoms with Crippen LogP contribution in [0.1, 0.15) is 59.8 Å². The molecule has 0 aliphatic heterocycles. The Kier molecular flexibility index (Phi) is 10.1. The SMILES string of the molecule is CCCCCN(C)C(=O)CCC(NC(=O)OC(C)(C)C)C(=O)OC. The van der Waals surface area contributed by atoms with Crippen molar-refractivity contribution >= 4 is 18.0 Å². The maximum Gasteiger partial charge on any atom is 0.408 e. The van der Waals surface area contributed by atoms with Crippen molar-refractivity contribution in [3.05, 3.63) is 0 Å². The van der Waals surface area contributed by atoms with Gasteiger partial charge in [-0.05, 0) is 33.6 Å². The molecule has 0 rings (SSSR count). The number of methoxy groups -OCH3 is 1. The van der Waals surface area contributed by atoms with Gasteiger partial charge in [0.1, 0.15) is 11.6 Å². The monoisotopic (exact) mass is 344 g/mol. The number of carbonyl (C=O) groups is 3. The van der Waals surface area contributed by atoms with Crippen LogP contribution in [0.5, 0.6) is 0 Å². The maximum absolute atomic E-state index is 12.1. The topological polar surface area (TPSA) is 84.9 Å². The average molecular weight is 344 g/mol. The van der Waals surface area contributed by atoms with Gasteiger partial charge in [-0.25, -0.2) is 9.59 Å². The normalized spacial score (nSPS) is 12.2. The minimum absolute atomic E-state index is 0.0639. The van der Waals surface area contributed by atoms with E-state index >= 15 is 0 Å². The van der Waals surface area contributed by atoms with Gasteiger partial charge in [0.05, 0.1) is 7.11 Å². The highest BCUT2D eigenvalue weighted by molar-refractivity contribution is 5.82. The molecule has 0 fully saturated rings. The first-order valence-electron chi connectivity index (χ1n) is 8.42. The molecule has 0 aromatic rings. The first kappa shape index (κ1) is 22.2. The summed E-state index contributed by atoms with van der Waals surface area (Å²) in [5.74, 6) is -0.659. The number of esters is 1. The van der Waals surface area contributed by atoms with E-state index in [1.165, 1.54) is 7.11 Å². The third-order valence-electron chi connectivity index (χ3n) is 3.35. The third-order valence-corrected chi connectivity index (χ3v) is 3.35. The average Bonchev–Trinajstić information content (AvgIpc) is 2.48. The van der Waals surface area contributed by atoms with Crippen LogP contribution in [-0.2, 0) is 19.1 Å². The van der Waals surface area contributed by atoms with Crippen LogP contribution in [0.3, 0.4) is 0 Å². The molecular weight excluding hydrogens is 312 g/mol. The molecule has 0 aromatic carbocycles. The number of nitrogens with zero attached hydrogens (tertiary/aromatic N) is 1. The molecule has 1 unspecified atom stereocenters. The predicted molar refractivity (Wildman–Crippen MR) is 91.6 cm³/mol. The lowest BCUT2D eigenvalue weighted by Gasteiger charge is -2.23. The predicted octanol–water partition coefficient (Wildman–Crippen LogP) is 2.48. The number of hydrogen-bond acceptors (Lipinski definition) is 5. The number of alkyl carbamates (subject to hydrolysis) is 1. The van der Waals surface area contributed by atoms with Crippen molar-refractivity contribution in [1.82, 2.24) is 10.2 Å². The Morgan fingerprint density at radius 1 is 1.17 bits per heavy atom. The Balaban J connectivity index is 4.50. The van der Waals surface area contributed by atoms with Crippen LogP contribution in [0.15, 0.2) is 0 Å². The van der Waals surface area contributed by atoms with Crippen molar-refractivity contribution in [2.75, 3.05) is 20.7 Å². The number of ether oxygens (including phenoxy) is 2. The minimum atomic E-state index is -0.905. The van der Waals surface area contributed by atoms with Gasteiger partial charge in [0, 0.05) is 20.0 Å². The zero-order valence-corrected chi connectivity index (χ0v) is 15.8. The van der Waals surface area contributed by atoms with E-state index in [9.17, 15) is 14.4 Å². The summed E-state index contributed by atoms with van der Waals surface area (Å²) in [6.45, 7) is 7.98. The zero-order chi connectivity index (χ0) is 18.8. The molecule has 0 saturated carbocycles. The van der Waals surface area contributed by atoms with Crippen LogP contribution < -0.4 is 5.32 Å². The molecule has 0 spiro atoms. The van der Waals surface area contributed by atoms with Crippen LogP contribution in [0.2, 0.25) is 0 Å². The summed E-state index contributed by atoms with van der Waals surface area (Å²) in [7, 11) is 2.98. The molecule has 0 heterocycles. The molecule has 2 amide bonds. The van der Waals surface area contributed by atoms with Crippen molar-refractivity contribution in [3.8, 4) is 0 Å². The highest BCUT2D eigenvalue weighted by Crippen LogP contribution is 2.09. The van der Waals surface area contributed by atoms with Crippen LogP contribution in [-0.4, -0.2) is 55.2 Å². The fourth-order valence-corrected chi connectivity index (χ4v) is 2.02. The highest BCUT2D eigenvalue weighted by atomic mass is 16.6. The fraction of sp³-hybridized carbons (Fsp3) is 0.824. The van der Waals surface area contributed by atoms with E-state index in [0.29, 0.717) is 6.54 Å². The second kappa shape index (κ2) is 10.9. The van der Waals surface area contributed by atoms with Crippen LogP contribution >= 0.6 is 0 Å². The Bertz CT molecular complexity index is 418. The third kappa shape index (κ3) is 10.1. The van der Waals surface area contributed by atoms with Gasteiger partial charge < -0.3 is 19.7 Å². The van der Waals surface area contributed by atoms with Gasteiger partial charge in [-0.2, -0.15) is 0 Å². The van der Waals surface area contributed by atoms with Crippen LogP contribution in [0, 0.1) is 0 Å². The molecule has 0 aromatic heterocycles. The maximum atomic E-state index is 12.1. The van der Waals surface area contributed by atoms with E-state index < -0.39 is 23.7 Å². The lowest BCUT2D eigenvalue weighted by Crippen LogP contribution is -2.44. The van der Waals surface area contributed by atoms with Gasteiger partial charge in [-0.3, -0.25) is 4.79 Å². The molecule has 1 atom stereocenters. The molecule has 0 aliphatic rings. The summed E-state index contributed by atoms with van der Waals surface area (Å²) in [6.07, 6.45) is 2.73. The smallest absolute Gasteiger partial charge is 0.408 e. The van der Waals surface area contributed by atoms with Crippen LogP contribution in [0.4, 0.5) is 4.79 Å². The van der Waals surface area contributed by atoms with Gasteiger partial charge >= 0.3 is 12.1 Å². The minimum Gasteiger partial charge on any atom is -0.467 e. The summed E-state index contributed by atoms with van der Waals surface area (Å²) in [5, 5.41) is 2.46. The molecule has 0 radical (unpaired) electrons. The first-order valence-corrected chi connectivity index (χ1v) is 8.42. The van der Waals surface area contributed by atoms with E-state index in [2.05, 4.69) is 17.0 Å². The Labute approximate surface area is 145 Å². The van der Waals surface area contributed by atoms with E-state index in [0.717, 1.165) is 19.3 Å². The molecule has 140 valence electrons. The molecule has 0 saturated heterocycles. The molecule has 0 aliphatic carbocycles. The number of rotatable bonds is 9. The van der Waals surface area contributed by atoms with Gasteiger partial charge in [0.2, 0.25) is 5.91 Å². The zero-order valence-electron chi connectivity index (χ0n) is 15.8. The Morgan fingerprint density at radius 2 is 1.79 bits per heavy atom. The van der Waals surface area contributed by atoms with E-state index in [1.54, 1.807) is 32.7 Å². The number of amides is 2. The van der Waals surface area contributed by atoms with Crippen molar-refractivity contribution in [3.63, 3.8) is 0 Å². The lowest BCUT2D eigenvalue weighted by molar-refractivity contribution is -0.143. The largest absolute Gasteiger partial charge is 0.467 e. The first-order chi connectivity index (χ1) is 11.1. The van der Waals surface area contributed by atoms with Gasteiger partial charge in [-0.1, -0.05) is 19.8 Å². The highest BCUT2D eigenvalue weighted by Gasteiger charge is 2.26. The number of carbonyl (C=O) groups excluding carboxylic acids is 3. The van der Waals surface area contributed by atoms with Gasteiger partial charge in [0.25, 0.3) is 0 Å². The fourth-order valence-electron chi connectivity index (χ4n) is 2.02. The quantitative estimate of drug-likeness (QED) is 0.513. The second-order valence-corrected chi connectivity index (χ2v) is 6.78. The number of nitrogens with one attached hydrogen (secondary N) is 1. The lowest BCUT2D eigenvalue weighted by atomic mass is 10.1. The second-order valence-electron chi connectivity index (χ2n) is 6.78. The van der Waals surface area contributed by atoms with Gasteiger partial charge in [-0.15, -0.1) is 0 Å². The summed E-state index contributed by atoms with van der Waals surface area (Å²) in [6, 6.07) is -0.905. The standard InChI is InChI=1S/C17H32N2O5/c1-7-8-9-12-19(5)14(20)11-10-13(15(21)23-6)18-16(22)24-17(2,3)4/h13H,7-12H2,1-6H3,(H,18,22). The summed E-state index contributed by atoms with van der Waals surface area (Å²) in [5.41, 5.74) is -0.667. The van der Waals surface area contributed by atoms with Crippen LogP contribution in [0.25, 0.3) is 0 Å². The molecular formula is C17H32N2O5. The number of hydrogen-bond donors (Lipinski definition) is 1. The molecule has 0 bridgehead atoms. The number of unbranched alkanes of at least 4 members (excludes halogenated alkanes) is 2. The van der Waals surface area contributed by atoms with E-state index in [4.69, 9.17) is 4.74 Å². The van der Waals surface area contributed by atoms with Crippen molar-refractivity contribution < 1.29 is 23.9 Å². The molecule has 24 heavy (non-hydrogen) atoms. The molecule has 1 N–H and O–H groups in total. The molecule has 7 heteroatoms. The Hall–Kier alpha value is -1.79. The van der Waals surface area contributed by atoms with Crippen molar-refractivity contribution in [2.45, 2.75) is 71.4 Å². The van der Waals surface area contributed by atoms with Gasteiger partial charge in [0.15, 0.2) is 0 Å². The van der Waals surface area contributed by atoms with Crippen molar-refractivity contribution in [1.29, 1.82) is 0 Å². The summed E-state index contributed by atoms with van der Waals surface area (Å²) >= 11 is 0. The van der Waals surface area contributed by atoms with E-state index in [1.807, 2.05) is 0 Å². The van der Waals surface area contributed by atoms with E-state index in [-0.39, 0.29) is 18.7 Å². The molecule has 7 nitrogen and oxygen atoms in total.